The van der Waals surface area contributed by atoms with Gasteiger partial charge in [0.15, 0.2) is 0 Å². The van der Waals surface area contributed by atoms with Gasteiger partial charge in [-0.2, -0.15) is 0 Å². The monoisotopic (exact) mass is 263 g/mol. The molecule has 0 saturated heterocycles. The molecule has 1 fully saturated rings. The largest absolute Gasteiger partial charge is 0.377 e. The first kappa shape index (κ1) is 14.9. The molecule has 1 N–H and O–H groups in total. The number of nitrogens with one attached hydrogen (secondary N) is 1. The molecular weight excluding hydrogens is 238 g/mol. The summed E-state index contributed by atoms with van der Waals surface area (Å²) in [6.45, 7) is 5.53. The van der Waals surface area contributed by atoms with Crippen LogP contribution in [0.2, 0.25) is 0 Å². The third-order valence-corrected chi connectivity index (χ3v) is 4.86. The standard InChI is InChI=1S/C12H25NO3S/c1-10(2)16-8-7-13-11-5-4-6-12(9-11)17(3,14)15/h10-13H,4-9H2,1-3H3. The second kappa shape index (κ2) is 6.71. The van der Waals surface area contributed by atoms with E-state index in [0.29, 0.717) is 12.6 Å². The van der Waals surface area contributed by atoms with Crippen LogP contribution in [0.3, 0.4) is 0 Å². The van der Waals surface area contributed by atoms with Crippen LogP contribution in [-0.2, 0) is 14.6 Å². The SMILES string of the molecule is CC(C)OCCNC1CCCC(S(C)(=O)=O)C1. The van der Waals surface area contributed by atoms with E-state index in [1.807, 2.05) is 13.8 Å². The molecule has 2 atom stereocenters. The Morgan fingerprint density at radius 2 is 2.06 bits per heavy atom. The molecule has 2 unspecified atom stereocenters. The quantitative estimate of drug-likeness (QED) is 0.735. The Balaban J connectivity index is 2.26. The Hall–Kier alpha value is -0.130. The van der Waals surface area contributed by atoms with Gasteiger partial charge >= 0.3 is 0 Å². The van der Waals surface area contributed by atoms with Gasteiger partial charge in [-0.1, -0.05) is 6.42 Å². The summed E-state index contributed by atoms with van der Waals surface area (Å²) in [5.74, 6) is 0. The molecule has 0 aliphatic heterocycles. The Morgan fingerprint density at radius 1 is 1.35 bits per heavy atom. The molecule has 17 heavy (non-hydrogen) atoms. The number of hydrogen-bond acceptors (Lipinski definition) is 4. The predicted octanol–water partition coefficient (Wildman–Crippen LogP) is 1.36. The fraction of sp³-hybridized carbons (Fsp3) is 1.00. The van der Waals surface area contributed by atoms with Gasteiger partial charge in [0.05, 0.1) is 18.0 Å². The van der Waals surface area contributed by atoms with Gasteiger partial charge in [0.1, 0.15) is 9.84 Å². The number of ether oxygens (including phenoxy) is 1. The van der Waals surface area contributed by atoms with Crippen molar-refractivity contribution in [3.63, 3.8) is 0 Å². The minimum absolute atomic E-state index is 0.153. The zero-order chi connectivity index (χ0) is 12.9. The number of hydrogen-bond donors (Lipinski definition) is 1. The third-order valence-electron chi connectivity index (χ3n) is 3.22. The van der Waals surface area contributed by atoms with Crippen molar-refractivity contribution in [2.75, 3.05) is 19.4 Å². The molecule has 0 spiro atoms. The highest BCUT2D eigenvalue weighted by atomic mass is 32.2. The average molecular weight is 263 g/mol. The minimum atomic E-state index is -2.87. The van der Waals surface area contributed by atoms with Crippen LogP contribution in [0, 0.1) is 0 Å². The summed E-state index contributed by atoms with van der Waals surface area (Å²) >= 11 is 0. The van der Waals surface area contributed by atoms with E-state index in [-0.39, 0.29) is 11.4 Å². The van der Waals surface area contributed by atoms with Crippen LogP contribution in [0.15, 0.2) is 0 Å². The highest BCUT2D eigenvalue weighted by Gasteiger charge is 2.28. The molecule has 0 radical (unpaired) electrons. The lowest BCUT2D eigenvalue weighted by Crippen LogP contribution is -2.40. The Bertz CT molecular complexity index is 314. The molecule has 0 aromatic carbocycles. The van der Waals surface area contributed by atoms with E-state index in [2.05, 4.69) is 5.32 Å². The minimum Gasteiger partial charge on any atom is -0.377 e. The Kier molecular flexibility index (Phi) is 5.89. The average Bonchev–Trinajstić information content (AvgIpc) is 2.23. The van der Waals surface area contributed by atoms with E-state index in [1.165, 1.54) is 6.26 Å². The molecule has 1 saturated carbocycles. The molecular formula is C12H25NO3S. The lowest BCUT2D eigenvalue weighted by atomic mass is 9.95. The van der Waals surface area contributed by atoms with Gasteiger partial charge in [0.2, 0.25) is 0 Å². The maximum absolute atomic E-state index is 11.5. The first-order valence-electron chi connectivity index (χ1n) is 6.43. The van der Waals surface area contributed by atoms with Crippen molar-refractivity contribution in [2.45, 2.75) is 56.9 Å². The van der Waals surface area contributed by atoms with Crippen LogP contribution in [-0.4, -0.2) is 45.2 Å². The second-order valence-electron chi connectivity index (χ2n) is 5.19. The highest BCUT2D eigenvalue weighted by Crippen LogP contribution is 2.23. The molecule has 0 amide bonds. The Labute approximate surface area is 105 Å². The summed E-state index contributed by atoms with van der Waals surface area (Å²) in [4.78, 5) is 0. The molecule has 4 nitrogen and oxygen atoms in total. The summed E-state index contributed by atoms with van der Waals surface area (Å²) in [7, 11) is -2.87. The van der Waals surface area contributed by atoms with E-state index in [1.54, 1.807) is 0 Å². The van der Waals surface area contributed by atoms with E-state index in [4.69, 9.17) is 4.74 Å². The fourth-order valence-corrected chi connectivity index (χ4v) is 3.45. The van der Waals surface area contributed by atoms with Crippen molar-refractivity contribution < 1.29 is 13.2 Å². The lowest BCUT2D eigenvalue weighted by Gasteiger charge is -2.28. The third kappa shape index (κ3) is 5.84. The van der Waals surface area contributed by atoms with Gasteiger partial charge in [0, 0.05) is 18.8 Å². The first-order valence-corrected chi connectivity index (χ1v) is 8.39. The van der Waals surface area contributed by atoms with Crippen molar-refractivity contribution in [3.05, 3.63) is 0 Å². The molecule has 1 rings (SSSR count). The van der Waals surface area contributed by atoms with Gasteiger partial charge in [-0.25, -0.2) is 8.42 Å². The van der Waals surface area contributed by atoms with Crippen molar-refractivity contribution >= 4 is 9.84 Å². The van der Waals surface area contributed by atoms with Crippen LogP contribution in [0.5, 0.6) is 0 Å². The molecule has 0 bridgehead atoms. The first-order chi connectivity index (χ1) is 7.89. The molecule has 1 aliphatic carbocycles. The fourth-order valence-electron chi connectivity index (χ4n) is 2.28. The van der Waals surface area contributed by atoms with Crippen molar-refractivity contribution in [1.82, 2.24) is 5.32 Å². The van der Waals surface area contributed by atoms with Crippen LogP contribution >= 0.6 is 0 Å². The van der Waals surface area contributed by atoms with Crippen LogP contribution < -0.4 is 5.32 Å². The Morgan fingerprint density at radius 3 is 2.65 bits per heavy atom. The van der Waals surface area contributed by atoms with Gasteiger partial charge in [-0.3, -0.25) is 0 Å². The van der Waals surface area contributed by atoms with E-state index in [9.17, 15) is 8.42 Å². The van der Waals surface area contributed by atoms with Crippen LogP contribution in [0.4, 0.5) is 0 Å². The summed E-state index contributed by atoms with van der Waals surface area (Å²) in [5, 5.41) is 3.24. The maximum Gasteiger partial charge on any atom is 0.150 e. The zero-order valence-corrected chi connectivity index (χ0v) is 11.9. The van der Waals surface area contributed by atoms with Crippen molar-refractivity contribution in [2.24, 2.45) is 0 Å². The van der Waals surface area contributed by atoms with Gasteiger partial charge in [0.25, 0.3) is 0 Å². The molecule has 0 heterocycles. The van der Waals surface area contributed by atoms with Gasteiger partial charge in [-0.15, -0.1) is 0 Å². The van der Waals surface area contributed by atoms with Crippen LogP contribution in [0.25, 0.3) is 0 Å². The van der Waals surface area contributed by atoms with Gasteiger partial charge in [-0.05, 0) is 33.1 Å². The molecule has 0 aromatic heterocycles. The molecule has 1 aliphatic rings. The lowest BCUT2D eigenvalue weighted by molar-refractivity contribution is 0.0785. The van der Waals surface area contributed by atoms with Gasteiger partial charge < -0.3 is 10.1 Å². The predicted molar refractivity (Wildman–Crippen MR) is 70.0 cm³/mol. The van der Waals surface area contributed by atoms with E-state index < -0.39 is 9.84 Å². The number of rotatable bonds is 6. The molecule has 0 aromatic rings. The maximum atomic E-state index is 11.5. The van der Waals surface area contributed by atoms with E-state index >= 15 is 0 Å². The summed E-state index contributed by atoms with van der Waals surface area (Å²) < 4.78 is 28.4. The normalized spacial score (nSPS) is 26.4. The summed E-state index contributed by atoms with van der Waals surface area (Å²) in [5.41, 5.74) is 0. The van der Waals surface area contributed by atoms with Crippen molar-refractivity contribution in [3.8, 4) is 0 Å². The molecule has 5 heteroatoms. The van der Waals surface area contributed by atoms with Crippen LogP contribution in [0.1, 0.15) is 39.5 Å². The molecule has 102 valence electrons. The number of sulfone groups is 1. The summed E-state index contributed by atoms with van der Waals surface area (Å²) in [6.07, 6.45) is 5.25. The summed E-state index contributed by atoms with van der Waals surface area (Å²) in [6, 6.07) is 0.333. The van der Waals surface area contributed by atoms with Crippen molar-refractivity contribution in [1.29, 1.82) is 0 Å². The highest BCUT2D eigenvalue weighted by molar-refractivity contribution is 7.91. The second-order valence-corrected chi connectivity index (χ2v) is 7.51. The zero-order valence-electron chi connectivity index (χ0n) is 11.1. The topological polar surface area (TPSA) is 55.4 Å². The smallest absolute Gasteiger partial charge is 0.150 e. The van der Waals surface area contributed by atoms with E-state index in [0.717, 1.165) is 32.2 Å².